The molecule has 0 spiro atoms. The molecule has 1 fully saturated rings. The molecule has 0 aromatic carbocycles. The summed E-state index contributed by atoms with van der Waals surface area (Å²) in [6.07, 6.45) is 3.10. The Labute approximate surface area is 71.8 Å². The van der Waals surface area contributed by atoms with Crippen molar-refractivity contribution in [1.29, 1.82) is 0 Å². The number of nitrogen functional groups attached to an aromatic ring is 1. The van der Waals surface area contributed by atoms with E-state index in [4.69, 9.17) is 5.73 Å². The number of nitrogens with two attached hydrogens (primary N) is 1. The molecule has 0 aliphatic carbocycles. The first-order valence-electron chi connectivity index (χ1n) is 4.29. The van der Waals surface area contributed by atoms with Crippen LogP contribution >= 0.6 is 0 Å². The summed E-state index contributed by atoms with van der Waals surface area (Å²) in [5.41, 5.74) is 5.59. The maximum Gasteiger partial charge on any atom is 0.141 e. The third kappa shape index (κ3) is 1.18. The molecule has 1 aliphatic heterocycles. The van der Waals surface area contributed by atoms with Gasteiger partial charge in [-0.25, -0.2) is 4.98 Å². The van der Waals surface area contributed by atoms with Crippen LogP contribution in [0, 0.1) is 6.92 Å². The SMILES string of the molecule is Cc1nc(N)cn1C1CCNC1. The molecule has 0 saturated carbocycles. The minimum absolute atomic E-state index is 0.551. The number of nitrogens with one attached hydrogen (secondary N) is 1. The molecule has 2 heterocycles. The van der Waals surface area contributed by atoms with Gasteiger partial charge in [0.25, 0.3) is 0 Å². The number of hydrogen-bond donors (Lipinski definition) is 2. The topological polar surface area (TPSA) is 55.9 Å². The predicted octanol–water partition coefficient (Wildman–Crippen LogP) is 0.308. The molecule has 1 aromatic rings. The van der Waals surface area contributed by atoms with E-state index in [1.807, 2.05) is 13.1 Å². The Morgan fingerprint density at radius 2 is 2.58 bits per heavy atom. The average molecular weight is 166 g/mol. The quantitative estimate of drug-likeness (QED) is 0.631. The Hall–Kier alpha value is -1.03. The maximum atomic E-state index is 5.59. The van der Waals surface area contributed by atoms with Gasteiger partial charge in [0, 0.05) is 18.8 Å². The molecular formula is C8H14N4. The van der Waals surface area contributed by atoms with Crippen LogP contribution in [0.5, 0.6) is 0 Å². The van der Waals surface area contributed by atoms with E-state index in [9.17, 15) is 0 Å². The standard InChI is InChI=1S/C8H14N4/c1-6-11-8(9)5-12(6)7-2-3-10-4-7/h5,7,10H,2-4,9H2,1H3. The highest BCUT2D eigenvalue weighted by Gasteiger charge is 2.17. The maximum absolute atomic E-state index is 5.59. The molecule has 66 valence electrons. The smallest absolute Gasteiger partial charge is 0.141 e. The fourth-order valence-corrected chi connectivity index (χ4v) is 1.76. The summed E-state index contributed by atoms with van der Waals surface area (Å²) in [4.78, 5) is 4.17. The van der Waals surface area contributed by atoms with Crippen molar-refractivity contribution in [2.45, 2.75) is 19.4 Å². The molecule has 1 saturated heterocycles. The Morgan fingerprint density at radius 3 is 3.08 bits per heavy atom. The van der Waals surface area contributed by atoms with Crippen molar-refractivity contribution in [3.8, 4) is 0 Å². The minimum atomic E-state index is 0.551. The van der Waals surface area contributed by atoms with E-state index in [1.54, 1.807) is 0 Å². The van der Waals surface area contributed by atoms with Gasteiger partial charge < -0.3 is 15.6 Å². The summed E-state index contributed by atoms with van der Waals surface area (Å²) < 4.78 is 2.16. The number of aryl methyl sites for hydroxylation is 1. The third-order valence-electron chi connectivity index (χ3n) is 2.36. The summed E-state index contributed by atoms with van der Waals surface area (Å²) in [6.45, 7) is 4.13. The molecule has 2 rings (SSSR count). The van der Waals surface area contributed by atoms with Gasteiger partial charge in [0.2, 0.25) is 0 Å². The third-order valence-corrected chi connectivity index (χ3v) is 2.36. The second-order valence-corrected chi connectivity index (χ2v) is 3.27. The lowest BCUT2D eigenvalue weighted by molar-refractivity contribution is 0.533. The first-order chi connectivity index (χ1) is 5.77. The molecule has 0 bridgehead atoms. The fourth-order valence-electron chi connectivity index (χ4n) is 1.76. The van der Waals surface area contributed by atoms with Crippen molar-refractivity contribution >= 4 is 5.82 Å². The van der Waals surface area contributed by atoms with Gasteiger partial charge in [-0.2, -0.15) is 0 Å². The predicted molar refractivity (Wildman–Crippen MR) is 47.9 cm³/mol. The van der Waals surface area contributed by atoms with Crippen LogP contribution in [-0.2, 0) is 0 Å². The number of nitrogens with zero attached hydrogens (tertiary/aromatic N) is 2. The molecule has 0 radical (unpaired) electrons. The van der Waals surface area contributed by atoms with E-state index in [1.165, 1.54) is 6.42 Å². The highest BCUT2D eigenvalue weighted by Crippen LogP contribution is 2.18. The number of anilines is 1. The van der Waals surface area contributed by atoms with Crippen LogP contribution in [0.2, 0.25) is 0 Å². The van der Waals surface area contributed by atoms with E-state index >= 15 is 0 Å². The van der Waals surface area contributed by atoms with Crippen LogP contribution in [0.4, 0.5) is 5.82 Å². The number of aromatic nitrogens is 2. The fraction of sp³-hybridized carbons (Fsp3) is 0.625. The molecule has 1 aromatic heterocycles. The minimum Gasteiger partial charge on any atom is -0.382 e. The highest BCUT2D eigenvalue weighted by molar-refractivity contribution is 5.26. The van der Waals surface area contributed by atoms with E-state index in [2.05, 4.69) is 14.9 Å². The number of imidazole rings is 1. The number of rotatable bonds is 1. The number of hydrogen-bond acceptors (Lipinski definition) is 3. The van der Waals surface area contributed by atoms with E-state index in [0.717, 1.165) is 18.9 Å². The summed E-state index contributed by atoms with van der Waals surface area (Å²) in [5.74, 6) is 1.64. The Morgan fingerprint density at radius 1 is 1.75 bits per heavy atom. The molecule has 4 heteroatoms. The van der Waals surface area contributed by atoms with Crippen molar-refractivity contribution < 1.29 is 0 Å². The Kier molecular flexibility index (Phi) is 1.77. The lowest BCUT2D eigenvalue weighted by Crippen LogP contribution is -2.13. The second kappa shape index (κ2) is 2.79. The molecule has 1 aliphatic rings. The molecule has 1 unspecified atom stereocenters. The summed E-state index contributed by atoms with van der Waals surface area (Å²) >= 11 is 0. The summed E-state index contributed by atoms with van der Waals surface area (Å²) in [6, 6.07) is 0.551. The van der Waals surface area contributed by atoms with Crippen LogP contribution in [-0.4, -0.2) is 22.6 Å². The van der Waals surface area contributed by atoms with Gasteiger partial charge >= 0.3 is 0 Å². The molecule has 0 amide bonds. The summed E-state index contributed by atoms with van der Waals surface area (Å²) in [5, 5.41) is 3.32. The van der Waals surface area contributed by atoms with Crippen molar-refractivity contribution in [2.75, 3.05) is 18.8 Å². The van der Waals surface area contributed by atoms with Crippen molar-refractivity contribution in [3.05, 3.63) is 12.0 Å². The van der Waals surface area contributed by atoms with Crippen molar-refractivity contribution in [1.82, 2.24) is 14.9 Å². The van der Waals surface area contributed by atoms with E-state index in [0.29, 0.717) is 11.9 Å². The van der Waals surface area contributed by atoms with Crippen LogP contribution in [0.25, 0.3) is 0 Å². The molecule has 1 atom stereocenters. The first-order valence-corrected chi connectivity index (χ1v) is 4.29. The molecule has 4 nitrogen and oxygen atoms in total. The largest absolute Gasteiger partial charge is 0.382 e. The van der Waals surface area contributed by atoms with Gasteiger partial charge in [0.15, 0.2) is 0 Å². The zero-order valence-corrected chi connectivity index (χ0v) is 7.25. The highest BCUT2D eigenvalue weighted by atomic mass is 15.2. The lowest BCUT2D eigenvalue weighted by Gasteiger charge is -2.11. The van der Waals surface area contributed by atoms with E-state index in [-0.39, 0.29) is 0 Å². The normalized spacial score (nSPS) is 23.2. The monoisotopic (exact) mass is 166 g/mol. The van der Waals surface area contributed by atoms with Crippen LogP contribution in [0.15, 0.2) is 6.20 Å². The zero-order chi connectivity index (χ0) is 8.55. The van der Waals surface area contributed by atoms with Gasteiger partial charge in [0.1, 0.15) is 11.6 Å². The van der Waals surface area contributed by atoms with Gasteiger partial charge in [-0.3, -0.25) is 0 Å². The Balaban J connectivity index is 2.25. The van der Waals surface area contributed by atoms with Crippen molar-refractivity contribution in [2.24, 2.45) is 0 Å². The van der Waals surface area contributed by atoms with E-state index < -0.39 is 0 Å². The van der Waals surface area contributed by atoms with Gasteiger partial charge in [-0.15, -0.1) is 0 Å². The van der Waals surface area contributed by atoms with Crippen LogP contribution < -0.4 is 11.1 Å². The summed E-state index contributed by atoms with van der Waals surface area (Å²) in [7, 11) is 0. The van der Waals surface area contributed by atoms with Gasteiger partial charge in [-0.05, 0) is 19.9 Å². The van der Waals surface area contributed by atoms with Crippen LogP contribution in [0.1, 0.15) is 18.3 Å². The molecule has 12 heavy (non-hydrogen) atoms. The lowest BCUT2D eigenvalue weighted by atomic mass is 10.2. The van der Waals surface area contributed by atoms with Crippen LogP contribution in [0.3, 0.4) is 0 Å². The van der Waals surface area contributed by atoms with Crippen molar-refractivity contribution in [3.63, 3.8) is 0 Å². The zero-order valence-electron chi connectivity index (χ0n) is 7.25. The second-order valence-electron chi connectivity index (χ2n) is 3.27. The first kappa shape index (κ1) is 7.61. The van der Waals surface area contributed by atoms with Gasteiger partial charge in [-0.1, -0.05) is 0 Å². The van der Waals surface area contributed by atoms with Gasteiger partial charge in [0.05, 0.1) is 0 Å². The molecular weight excluding hydrogens is 152 g/mol. The molecule has 3 N–H and O–H groups in total. The Bertz CT molecular complexity index is 273. The average Bonchev–Trinajstić information content (AvgIpc) is 2.58.